The largest absolute Gasteiger partial charge is 0.478 e. The first-order valence-corrected chi connectivity index (χ1v) is 7.57. The van der Waals surface area contributed by atoms with Crippen molar-refractivity contribution in [2.75, 3.05) is 18.1 Å². The Labute approximate surface area is 123 Å². The third-order valence-corrected chi connectivity index (χ3v) is 3.64. The molecule has 0 saturated carbocycles. The van der Waals surface area contributed by atoms with Gasteiger partial charge in [0, 0.05) is 24.5 Å². The summed E-state index contributed by atoms with van der Waals surface area (Å²) in [7, 11) is 0. The van der Waals surface area contributed by atoms with Gasteiger partial charge < -0.3 is 10.4 Å². The molecule has 2 N–H and O–H groups in total. The molecule has 1 rings (SSSR count). The molecule has 0 aliphatic carbocycles. The summed E-state index contributed by atoms with van der Waals surface area (Å²) in [4.78, 5) is 22.7. The zero-order valence-corrected chi connectivity index (χ0v) is 12.1. The summed E-state index contributed by atoms with van der Waals surface area (Å²) in [6.45, 7) is 4.25. The Bertz CT molecular complexity index is 474. The van der Waals surface area contributed by atoms with Gasteiger partial charge in [0.15, 0.2) is 0 Å². The molecule has 0 bridgehead atoms. The number of rotatable bonds is 9. The summed E-state index contributed by atoms with van der Waals surface area (Å²) in [6, 6.07) is 6.77. The van der Waals surface area contributed by atoms with Crippen LogP contribution in [0.5, 0.6) is 0 Å². The number of aryl methyl sites for hydroxylation is 1. The normalized spacial score (nSPS) is 10.0. The number of hydrogen-bond donors (Lipinski definition) is 2. The van der Waals surface area contributed by atoms with Gasteiger partial charge in [0.2, 0.25) is 5.91 Å². The molecule has 0 atom stereocenters. The van der Waals surface area contributed by atoms with E-state index >= 15 is 0 Å². The van der Waals surface area contributed by atoms with E-state index in [1.807, 2.05) is 6.08 Å². The van der Waals surface area contributed by atoms with Crippen LogP contribution in [-0.4, -0.2) is 35.0 Å². The number of carbonyl (C=O) groups is 2. The molecule has 0 unspecified atom stereocenters. The summed E-state index contributed by atoms with van der Waals surface area (Å²) in [6.07, 6.45) is 2.57. The van der Waals surface area contributed by atoms with E-state index in [0.717, 1.165) is 11.5 Å². The van der Waals surface area contributed by atoms with Crippen molar-refractivity contribution in [3.8, 4) is 0 Å². The van der Waals surface area contributed by atoms with Crippen LogP contribution in [0.1, 0.15) is 22.3 Å². The molecule has 1 aromatic rings. The van der Waals surface area contributed by atoms with Gasteiger partial charge in [0.05, 0.1) is 5.56 Å². The number of hydrogen-bond acceptors (Lipinski definition) is 3. The Balaban J connectivity index is 2.34. The molecule has 1 amide bonds. The van der Waals surface area contributed by atoms with Gasteiger partial charge in [0.1, 0.15) is 0 Å². The van der Waals surface area contributed by atoms with Crippen molar-refractivity contribution >= 4 is 23.6 Å². The first-order valence-electron chi connectivity index (χ1n) is 6.41. The van der Waals surface area contributed by atoms with Crippen molar-refractivity contribution < 1.29 is 14.7 Å². The molecular weight excluding hydrogens is 274 g/mol. The molecule has 0 radical (unpaired) electrons. The molecule has 1 aromatic carbocycles. The molecule has 0 spiro atoms. The second-order valence-corrected chi connectivity index (χ2v) is 5.33. The number of carboxylic acid groups (broad SMARTS) is 1. The minimum Gasteiger partial charge on any atom is -0.478 e. The number of benzene rings is 1. The molecule has 108 valence electrons. The third-order valence-electron chi connectivity index (χ3n) is 2.67. The van der Waals surface area contributed by atoms with Crippen LogP contribution in [0.2, 0.25) is 0 Å². The summed E-state index contributed by atoms with van der Waals surface area (Å²) >= 11 is 1.71. The van der Waals surface area contributed by atoms with E-state index in [1.54, 1.807) is 36.0 Å². The van der Waals surface area contributed by atoms with Gasteiger partial charge >= 0.3 is 5.97 Å². The zero-order chi connectivity index (χ0) is 14.8. The Kier molecular flexibility index (Phi) is 7.50. The standard InChI is InChI=1S/C15H19NO3S/c1-2-10-20-11-9-16-14(17)8-7-12-5-3-4-6-13(12)15(18)19/h2-6H,1,7-11H2,(H,16,17)(H,18,19). The van der Waals surface area contributed by atoms with Gasteiger partial charge in [0.25, 0.3) is 0 Å². The Morgan fingerprint density at radius 1 is 1.35 bits per heavy atom. The fourth-order valence-electron chi connectivity index (χ4n) is 1.71. The topological polar surface area (TPSA) is 66.4 Å². The predicted octanol–water partition coefficient (Wildman–Crippen LogP) is 2.35. The SMILES string of the molecule is C=CCSCCNC(=O)CCc1ccccc1C(=O)O. The predicted molar refractivity (Wildman–Crippen MR) is 82.3 cm³/mol. The molecule has 4 nitrogen and oxygen atoms in total. The van der Waals surface area contributed by atoms with Crippen molar-refractivity contribution in [1.82, 2.24) is 5.32 Å². The maximum Gasteiger partial charge on any atom is 0.335 e. The average molecular weight is 293 g/mol. The van der Waals surface area contributed by atoms with Gasteiger partial charge in [-0.3, -0.25) is 4.79 Å². The van der Waals surface area contributed by atoms with E-state index < -0.39 is 5.97 Å². The van der Waals surface area contributed by atoms with Gasteiger partial charge in [-0.1, -0.05) is 24.3 Å². The van der Waals surface area contributed by atoms with Crippen LogP contribution >= 0.6 is 11.8 Å². The van der Waals surface area contributed by atoms with Crippen molar-refractivity contribution in [1.29, 1.82) is 0 Å². The summed E-state index contributed by atoms with van der Waals surface area (Å²) in [5.74, 6) is 0.719. The lowest BCUT2D eigenvalue weighted by Gasteiger charge is -2.07. The van der Waals surface area contributed by atoms with Crippen LogP contribution in [-0.2, 0) is 11.2 Å². The fraction of sp³-hybridized carbons (Fsp3) is 0.333. The molecule has 0 aliphatic heterocycles. The van der Waals surface area contributed by atoms with Gasteiger partial charge in [-0.05, 0) is 18.1 Å². The highest BCUT2D eigenvalue weighted by molar-refractivity contribution is 7.99. The van der Waals surface area contributed by atoms with E-state index in [1.165, 1.54) is 0 Å². The molecule has 5 heteroatoms. The highest BCUT2D eigenvalue weighted by atomic mass is 32.2. The lowest BCUT2D eigenvalue weighted by molar-refractivity contribution is -0.120. The number of carbonyl (C=O) groups excluding carboxylic acids is 1. The van der Waals surface area contributed by atoms with Crippen LogP contribution in [0.4, 0.5) is 0 Å². The van der Waals surface area contributed by atoms with Crippen molar-refractivity contribution in [2.45, 2.75) is 12.8 Å². The molecule has 0 aromatic heterocycles. The zero-order valence-electron chi connectivity index (χ0n) is 11.3. The van der Waals surface area contributed by atoms with E-state index in [9.17, 15) is 9.59 Å². The lowest BCUT2D eigenvalue weighted by atomic mass is 10.0. The number of amides is 1. The number of thioether (sulfide) groups is 1. The molecule has 0 fully saturated rings. The number of carboxylic acids is 1. The summed E-state index contributed by atoms with van der Waals surface area (Å²) in [5.41, 5.74) is 0.957. The molecule has 20 heavy (non-hydrogen) atoms. The maximum atomic E-state index is 11.6. The van der Waals surface area contributed by atoms with Crippen molar-refractivity contribution in [3.63, 3.8) is 0 Å². The highest BCUT2D eigenvalue weighted by Gasteiger charge is 2.10. The molecule has 0 heterocycles. The Morgan fingerprint density at radius 2 is 2.10 bits per heavy atom. The van der Waals surface area contributed by atoms with E-state index in [0.29, 0.717) is 24.9 Å². The summed E-state index contributed by atoms with van der Waals surface area (Å²) < 4.78 is 0. The minimum atomic E-state index is -0.957. The summed E-state index contributed by atoms with van der Waals surface area (Å²) in [5, 5.41) is 11.9. The van der Waals surface area contributed by atoms with Gasteiger partial charge in [-0.15, -0.1) is 6.58 Å². The third kappa shape index (κ3) is 5.93. The average Bonchev–Trinajstić information content (AvgIpc) is 2.45. The van der Waals surface area contributed by atoms with E-state index in [4.69, 9.17) is 5.11 Å². The van der Waals surface area contributed by atoms with E-state index in [2.05, 4.69) is 11.9 Å². The van der Waals surface area contributed by atoms with Crippen molar-refractivity contribution in [2.24, 2.45) is 0 Å². The van der Waals surface area contributed by atoms with Crippen molar-refractivity contribution in [3.05, 3.63) is 48.0 Å². The van der Waals surface area contributed by atoms with Crippen LogP contribution < -0.4 is 5.32 Å². The second kappa shape index (κ2) is 9.20. The first-order chi connectivity index (χ1) is 9.65. The minimum absolute atomic E-state index is 0.0515. The molecule has 0 saturated heterocycles. The fourth-order valence-corrected chi connectivity index (χ4v) is 2.29. The van der Waals surface area contributed by atoms with Gasteiger partial charge in [-0.2, -0.15) is 11.8 Å². The Morgan fingerprint density at radius 3 is 2.80 bits per heavy atom. The maximum absolute atomic E-state index is 11.6. The van der Waals surface area contributed by atoms with E-state index in [-0.39, 0.29) is 11.5 Å². The smallest absolute Gasteiger partial charge is 0.335 e. The molecular formula is C15H19NO3S. The first kappa shape index (κ1) is 16.3. The van der Waals surface area contributed by atoms with Gasteiger partial charge in [-0.25, -0.2) is 4.79 Å². The second-order valence-electron chi connectivity index (χ2n) is 4.18. The van der Waals surface area contributed by atoms with Crippen LogP contribution in [0.25, 0.3) is 0 Å². The molecule has 0 aliphatic rings. The van der Waals surface area contributed by atoms with Crippen LogP contribution in [0, 0.1) is 0 Å². The monoisotopic (exact) mass is 293 g/mol. The number of aromatic carboxylic acids is 1. The van der Waals surface area contributed by atoms with Crippen LogP contribution in [0.15, 0.2) is 36.9 Å². The lowest BCUT2D eigenvalue weighted by Crippen LogP contribution is -2.26. The Hall–Kier alpha value is -1.75. The van der Waals surface area contributed by atoms with Crippen LogP contribution in [0.3, 0.4) is 0 Å². The quantitative estimate of drug-likeness (QED) is 0.542. The highest BCUT2D eigenvalue weighted by Crippen LogP contribution is 2.11. The number of nitrogens with one attached hydrogen (secondary N) is 1.